The second kappa shape index (κ2) is 8.13. The van der Waals surface area contributed by atoms with Crippen LogP contribution >= 0.6 is 0 Å². The highest BCUT2D eigenvalue weighted by Gasteiger charge is 2.09. The number of carbonyl (C=O) groups is 1. The number of rotatable bonds is 7. The number of carboxylic acid groups (broad SMARTS) is 1. The minimum absolute atomic E-state index is 0.165. The van der Waals surface area contributed by atoms with E-state index in [2.05, 4.69) is 30.9 Å². The monoisotopic (exact) mass is 364 g/mol. The third-order valence-electron chi connectivity index (χ3n) is 3.58. The van der Waals surface area contributed by atoms with E-state index in [1.165, 1.54) is 0 Å². The number of nitrogens with one attached hydrogen (secondary N) is 3. The highest BCUT2D eigenvalue weighted by atomic mass is 16.4. The summed E-state index contributed by atoms with van der Waals surface area (Å²) in [6.07, 6.45) is 0. The fraction of sp³-hybridized carbons (Fsp3) is 0.158. The first-order chi connectivity index (χ1) is 13.0. The number of aliphatic carboxylic acids is 1. The lowest BCUT2D eigenvalue weighted by Gasteiger charge is -2.11. The zero-order valence-electron chi connectivity index (χ0n) is 15.0. The van der Waals surface area contributed by atoms with Gasteiger partial charge in [0, 0.05) is 11.4 Å². The molecule has 4 N–H and O–H groups in total. The molecule has 0 atom stereocenters. The molecule has 138 valence electrons. The fourth-order valence-electron chi connectivity index (χ4n) is 2.43. The van der Waals surface area contributed by atoms with Crippen molar-refractivity contribution in [1.82, 2.24) is 15.0 Å². The van der Waals surface area contributed by atoms with E-state index in [1.807, 2.05) is 62.4 Å². The van der Waals surface area contributed by atoms with Gasteiger partial charge in [-0.15, -0.1) is 0 Å². The molecule has 1 aromatic heterocycles. The SMILES string of the molecule is Cc1cccc(Nc2nc(NCC(=O)O)nc(Nc3cccc(C)c3)n2)c1. The van der Waals surface area contributed by atoms with Gasteiger partial charge in [0.2, 0.25) is 17.8 Å². The van der Waals surface area contributed by atoms with Gasteiger partial charge >= 0.3 is 5.97 Å². The lowest BCUT2D eigenvalue weighted by atomic mass is 10.2. The zero-order valence-corrected chi connectivity index (χ0v) is 15.0. The molecule has 0 aliphatic heterocycles. The highest BCUT2D eigenvalue weighted by Crippen LogP contribution is 2.19. The first kappa shape index (κ1) is 18.1. The van der Waals surface area contributed by atoms with E-state index < -0.39 is 5.97 Å². The molecule has 0 bridgehead atoms. The number of aryl methyl sites for hydroxylation is 2. The van der Waals surface area contributed by atoms with Crippen molar-refractivity contribution in [1.29, 1.82) is 0 Å². The molecule has 0 radical (unpaired) electrons. The Hall–Kier alpha value is -3.68. The molecule has 0 aliphatic carbocycles. The Morgan fingerprint density at radius 2 is 1.33 bits per heavy atom. The number of nitrogens with zero attached hydrogens (tertiary/aromatic N) is 3. The van der Waals surface area contributed by atoms with Crippen molar-refractivity contribution in [3.8, 4) is 0 Å². The van der Waals surface area contributed by atoms with E-state index in [1.54, 1.807) is 0 Å². The second-order valence-electron chi connectivity index (χ2n) is 6.04. The van der Waals surface area contributed by atoms with Crippen LogP contribution < -0.4 is 16.0 Å². The molecule has 0 saturated heterocycles. The summed E-state index contributed by atoms with van der Waals surface area (Å²) in [4.78, 5) is 23.7. The predicted octanol–water partition coefficient (Wildman–Crippen LogP) is 3.47. The average Bonchev–Trinajstić information content (AvgIpc) is 2.60. The van der Waals surface area contributed by atoms with Crippen molar-refractivity contribution in [3.63, 3.8) is 0 Å². The van der Waals surface area contributed by atoms with Crippen LogP contribution in [-0.4, -0.2) is 32.6 Å². The highest BCUT2D eigenvalue weighted by molar-refractivity contribution is 5.72. The Balaban J connectivity index is 1.88. The van der Waals surface area contributed by atoms with Crippen molar-refractivity contribution >= 4 is 35.2 Å². The zero-order chi connectivity index (χ0) is 19.2. The summed E-state index contributed by atoms with van der Waals surface area (Å²) in [5.41, 5.74) is 3.84. The Morgan fingerprint density at radius 3 is 1.78 bits per heavy atom. The van der Waals surface area contributed by atoms with Crippen LogP contribution in [0.25, 0.3) is 0 Å². The molecule has 0 spiro atoms. The third kappa shape index (κ3) is 5.40. The molecule has 8 nitrogen and oxygen atoms in total. The standard InChI is InChI=1S/C19H20N6O2/c1-12-5-3-7-14(9-12)21-18-23-17(20-11-16(26)27)24-19(25-18)22-15-8-4-6-13(2)10-15/h3-10H,11H2,1-2H3,(H,26,27)(H3,20,21,22,23,24,25). The van der Waals surface area contributed by atoms with Crippen LogP contribution in [0, 0.1) is 13.8 Å². The van der Waals surface area contributed by atoms with Crippen LogP contribution in [0.2, 0.25) is 0 Å². The van der Waals surface area contributed by atoms with E-state index in [4.69, 9.17) is 5.11 Å². The first-order valence-electron chi connectivity index (χ1n) is 8.37. The van der Waals surface area contributed by atoms with Gasteiger partial charge < -0.3 is 21.1 Å². The maximum absolute atomic E-state index is 10.8. The lowest BCUT2D eigenvalue weighted by molar-refractivity contribution is -0.134. The van der Waals surface area contributed by atoms with E-state index in [9.17, 15) is 4.79 Å². The molecule has 8 heteroatoms. The van der Waals surface area contributed by atoms with Gasteiger partial charge in [-0.3, -0.25) is 4.79 Å². The molecule has 0 saturated carbocycles. The van der Waals surface area contributed by atoms with Crippen LogP contribution in [0.15, 0.2) is 48.5 Å². The summed E-state index contributed by atoms with van der Waals surface area (Å²) in [5, 5.41) is 17.8. The van der Waals surface area contributed by atoms with Crippen LogP contribution in [0.4, 0.5) is 29.2 Å². The maximum Gasteiger partial charge on any atom is 0.322 e. The molecule has 0 fully saturated rings. The fourth-order valence-corrected chi connectivity index (χ4v) is 2.43. The summed E-state index contributed by atoms with van der Waals surface area (Å²) in [5.74, 6) is -0.230. The molecule has 27 heavy (non-hydrogen) atoms. The topological polar surface area (TPSA) is 112 Å². The second-order valence-corrected chi connectivity index (χ2v) is 6.04. The van der Waals surface area contributed by atoms with Crippen LogP contribution in [0.1, 0.15) is 11.1 Å². The smallest absolute Gasteiger partial charge is 0.322 e. The van der Waals surface area contributed by atoms with E-state index >= 15 is 0 Å². The molecule has 0 aliphatic rings. The minimum atomic E-state index is -1.00. The molecule has 0 amide bonds. The average molecular weight is 364 g/mol. The molecule has 1 heterocycles. The summed E-state index contributed by atoms with van der Waals surface area (Å²) < 4.78 is 0. The number of anilines is 5. The molecule has 2 aromatic carbocycles. The predicted molar refractivity (Wildman–Crippen MR) is 105 cm³/mol. The quantitative estimate of drug-likeness (QED) is 0.504. The Kier molecular flexibility index (Phi) is 5.46. The van der Waals surface area contributed by atoms with Crippen LogP contribution in [0.5, 0.6) is 0 Å². The number of aromatic nitrogens is 3. The van der Waals surface area contributed by atoms with Gasteiger partial charge in [0.1, 0.15) is 6.54 Å². The molecule has 3 rings (SSSR count). The van der Waals surface area contributed by atoms with Gasteiger partial charge in [-0.25, -0.2) is 0 Å². The van der Waals surface area contributed by atoms with Gasteiger partial charge in [0.25, 0.3) is 0 Å². The van der Waals surface area contributed by atoms with Crippen molar-refractivity contribution in [2.45, 2.75) is 13.8 Å². The Bertz CT molecular complexity index is 895. The largest absolute Gasteiger partial charge is 0.480 e. The Morgan fingerprint density at radius 1 is 0.852 bits per heavy atom. The van der Waals surface area contributed by atoms with Crippen LogP contribution in [0.3, 0.4) is 0 Å². The van der Waals surface area contributed by atoms with E-state index in [-0.39, 0.29) is 12.5 Å². The molecular formula is C19H20N6O2. The van der Waals surface area contributed by atoms with Crippen LogP contribution in [-0.2, 0) is 4.79 Å². The summed E-state index contributed by atoms with van der Waals surface area (Å²) >= 11 is 0. The normalized spacial score (nSPS) is 10.3. The van der Waals surface area contributed by atoms with Crippen molar-refractivity contribution in [2.24, 2.45) is 0 Å². The molecule has 3 aromatic rings. The summed E-state index contributed by atoms with van der Waals surface area (Å²) in [6, 6.07) is 15.5. The van der Waals surface area contributed by atoms with Gasteiger partial charge in [-0.05, 0) is 49.2 Å². The van der Waals surface area contributed by atoms with Crippen molar-refractivity contribution < 1.29 is 9.90 Å². The lowest BCUT2D eigenvalue weighted by Crippen LogP contribution is -2.16. The first-order valence-corrected chi connectivity index (χ1v) is 8.37. The molecular weight excluding hydrogens is 344 g/mol. The number of carboxylic acids is 1. The molecule has 0 unspecified atom stereocenters. The van der Waals surface area contributed by atoms with Gasteiger partial charge in [-0.2, -0.15) is 15.0 Å². The van der Waals surface area contributed by atoms with Crippen molar-refractivity contribution in [3.05, 3.63) is 59.7 Å². The maximum atomic E-state index is 10.8. The van der Waals surface area contributed by atoms with E-state index in [0.29, 0.717) is 11.9 Å². The Labute approximate surface area is 156 Å². The third-order valence-corrected chi connectivity index (χ3v) is 3.58. The van der Waals surface area contributed by atoms with E-state index in [0.717, 1.165) is 22.5 Å². The summed E-state index contributed by atoms with van der Waals surface area (Å²) in [7, 11) is 0. The number of benzene rings is 2. The van der Waals surface area contributed by atoms with Gasteiger partial charge in [-0.1, -0.05) is 24.3 Å². The number of hydrogen-bond donors (Lipinski definition) is 4. The number of hydrogen-bond acceptors (Lipinski definition) is 7. The van der Waals surface area contributed by atoms with Gasteiger partial charge in [0.15, 0.2) is 0 Å². The minimum Gasteiger partial charge on any atom is -0.480 e. The summed E-state index contributed by atoms with van der Waals surface area (Å²) in [6.45, 7) is 3.68. The van der Waals surface area contributed by atoms with Crippen molar-refractivity contribution in [2.75, 3.05) is 22.5 Å². The van der Waals surface area contributed by atoms with Gasteiger partial charge in [0.05, 0.1) is 0 Å².